The normalized spacial score (nSPS) is 18.5. The molecule has 1 saturated heterocycles. The molecule has 4 heteroatoms. The highest BCUT2D eigenvalue weighted by Gasteiger charge is 2.29. The van der Waals surface area contributed by atoms with Crippen LogP contribution in [0.15, 0.2) is 49.1 Å². The third-order valence-electron chi connectivity index (χ3n) is 3.65. The summed E-state index contributed by atoms with van der Waals surface area (Å²) in [5.41, 5.74) is 2.29. The fraction of sp³-hybridized carbons (Fsp3) is 0.312. The summed E-state index contributed by atoms with van der Waals surface area (Å²) in [5.74, 6) is 0.643. The van der Waals surface area contributed by atoms with E-state index in [1.807, 2.05) is 23.1 Å². The van der Waals surface area contributed by atoms with Crippen LogP contribution < -0.4 is 0 Å². The lowest BCUT2D eigenvalue weighted by molar-refractivity contribution is -0.128. The summed E-state index contributed by atoms with van der Waals surface area (Å²) < 4.78 is 0. The Hall–Kier alpha value is -2.23. The molecule has 102 valence electrons. The van der Waals surface area contributed by atoms with Crippen LogP contribution in [-0.2, 0) is 17.8 Å². The van der Waals surface area contributed by atoms with E-state index in [2.05, 4.69) is 22.1 Å². The first-order chi connectivity index (χ1) is 9.81. The SMILES string of the molecule is O=C1CC(Cc2ccccc2)CN1Cc1cncnc1. The van der Waals surface area contributed by atoms with Crippen LogP contribution in [0, 0.1) is 5.92 Å². The molecule has 1 unspecified atom stereocenters. The van der Waals surface area contributed by atoms with Gasteiger partial charge in [-0.2, -0.15) is 0 Å². The summed E-state index contributed by atoms with van der Waals surface area (Å²) in [4.78, 5) is 22.0. The van der Waals surface area contributed by atoms with Crippen LogP contribution >= 0.6 is 0 Å². The van der Waals surface area contributed by atoms with Gasteiger partial charge in [-0.25, -0.2) is 9.97 Å². The Bertz CT molecular complexity index is 571. The van der Waals surface area contributed by atoms with E-state index in [4.69, 9.17) is 0 Å². The van der Waals surface area contributed by atoms with Crippen molar-refractivity contribution in [2.75, 3.05) is 6.54 Å². The molecule has 1 aliphatic rings. The second-order valence-corrected chi connectivity index (χ2v) is 5.28. The maximum atomic E-state index is 12.1. The Morgan fingerprint density at radius 2 is 1.85 bits per heavy atom. The summed E-state index contributed by atoms with van der Waals surface area (Å²) in [6.45, 7) is 1.44. The van der Waals surface area contributed by atoms with Gasteiger partial charge in [-0.1, -0.05) is 30.3 Å². The zero-order valence-electron chi connectivity index (χ0n) is 11.3. The van der Waals surface area contributed by atoms with Crippen molar-refractivity contribution < 1.29 is 4.79 Å². The largest absolute Gasteiger partial charge is 0.338 e. The molecular formula is C16H17N3O. The van der Waals surface area contributed by atoms with E-state index in [1.54, 1.807) is 12.4 Å². The van der Waals surface area contributed by atoms with Gasteiger partial charge in [-0.05, 0) is 17.9 Å². The number of aromatic nitrogens is 2. The third kappa shape index (κ3) is 3.02. The van der Waals surface area contributed by atoms with Crippen LogP contribution in [0.25, 0.3) is 0 Å². The number of carbonyl (C=O) groups excluding carboxylic acids is 1. The fourth-order valence-corrected chi connectivity index (χ4v) is 2.72. The van der Waals surface area contributed by atoms with Crippen LogP contribution in [0.3, 0.4) is 0 Å². The van der Waals surface area contributed by atoms with Gasteiger partial charge >= 0.3 is 0 Å². The van der Waals surface area contributed by atoms with Crippen molar-refractivity contribution >= 4 is 5.91 Å². The van der Waals surface area contributed by atoms with E-state index < -0.39 is 0 Å². The first-order valence-electron chi connectivity index (χ1n) is 6.87. The summed E-state index contributed by atoms with van der Waals surface area (Å²) in [7, 11) is 0. The highest BCUT2D eigenvalue weighted by molar-refractivity contribution is 5.78. The zero-order valence-corrected chi connectivity index (χ0v) is 11.3. The highest BCUT2D eigenvalue weighted by Crippen LogP contribution is 2.23. The molecule has 3 rings (SSSR count). The Balaban J connectivity index is 1.61. The van der Waals surface area contributed by atoms with Gasteiger partial charge in [0.2, 0.25) is 5.91 Å². The minimum Gasteiger partial charge on any atom is -0.338 e. The van der Waals surface area contributed by atoms with Gasteiger partial charge in [0.1, 0.15) is 6.33 Å². The minimum atomic E-state index is 0.231. The molecule has 20 heavy (non-hydrogen) atoms. The monoisotopic (exact) mass is 267 g/mol. The average molecular weight is 267 g/mol. The van der Waals surface area contributed by atoms with Crippen molar-refractivity contribution in [3.8, 4) is 0 Å². The average Bonchev–Trinajstić information content (AvgIpc) is 2.81. The fourth-order valence-electron chi connectivity index (χ4n) is 2.72. The topological polar surface area (TPSA) is 46.1 Å². The molecule has 4 nitrogen and oxygen atoms in total. The minimum absolute atomic E-state index is 0.231. The van der Waals surface area contributed by atoms with Crippen LogP contribution in [0.1, 0.15) is 17.5 Å². The second kappa shape index (κ2) is 5.82. The predicted octanol–water partition coefficient (Wildman–Crippen LogP) is 2.07. The van der Waals surface area contributed by atoms with Crippen LogP contribution in [-0.4, -0.2) is 27.3 Å². The number of rotatable bonds is 4. The molecule has 0 aliphatic carbocycles. The lowest BCUT2D eigenvalue weighted by Gasteiger charge is -2.16. The lowest BCUT2D eigenvalue weighted by atomic mass is 9.99. The standard InChI is InChI=1S/C16H17N3O/c20-16-7-14(6-13-4-2-1-3-5-13)10-19(16)11-15-8-17-12-18-9-15/h1-5,8-9,12,14H,6-7,10-11H2. The Morgan fingerprint density at radius 1 is 1.10 bits per heavy atom. The molecule has 1 aliphatic heterocycles. The quantitative estimate of drug-likeness (QED) is 0.852. The van der Waals surface area contributed by atoms with Gasteiger partial charge in [-0.3, -0.25) is 4.79 Å². The Morgan fingerprint density at radius 3 is 2.60 bits per heavy atom. The second-order valence-electron chi connectivity index (χ2n) is 5.28. The Labute approximate surface area is 118 Å². The summed E-state index contributed by atoms with van der Waals surface area (Å²) >= 11 is 0. The maximum absolute atomic E-state index is 12.1. The molecule has 1 aromatic heterocycles. The first-order valence-corrected chi connectivity index (χ1v) is 6.87. The van der Waals surface area contributed by atoms with E-state index >= 15 is 0 Å². The third-order valence-corrected chi connectivity index (χ3v) is 3.65. The summed E-state index contributed by atoms with van der Waals surface area (Å²) in [5, 5.41) is 0. The molecule has 2 heterocycles. The van der Waals surface area contributed by atoms with Crippen LogP contribution in [0.2, 0.25) is 0 Å². The van der Waals surface area contributed by atoms with Crippen molar-refractivity contribution in [1.82, 2.24) is 14.9 Å². The van der Waals surface area contributed by atoms with Crippen molar-refractivity contribution in [3.63, 3.8) is 0 Å². The Kier molecular flexibility index (Phi) is 3.72. The molecule has 1 amide bonds. The number of nitrogens with zero attached hydrogens (tertiary/aromatic N) is 3. The van der Waals surface area contributed by atoms with E-state index in [9.17, 15) is 4.79 Å². The first kappa shape index (κ1) is 12.8. The molecule has 0 N–H and O–H groups in total. The number of likely N-dealkylation sites (tertiary alicyclic amines) is 1. The molecule has 1 fully saturated rings. The molecule has 0 saturated carbocycles. The van der Waals surface area contributed by atoms with Crippen molar-refractivity contribution in [3.05, 3.63) is 60.2 Å². The van der Waals surface area contributed by atoms with Crippen LogP contribution in [0.4, 0.5) is 0 Å². The van der Waals surface area contributed by atoms with Gasteiger partial charge in [0.25, 0.3) is 0 Å². The van der Waals surface area contributed by atoms with Gasteiger partial charge in [0.05, 0.1) is 0 Å². The molecule has 1 atom stereocenters. The number of carbonyl (C=O) groups is 1. The lowest BCUT2D eigenvalue weighted by Crippen LogP contribution is -2.24. The number of benzene rings is 1. The zero-order chi connectivity index (χ0) is 13.8. The molecule has 1 aromatic carbocycles. The van der Waals surface area contributed by atoms with Crippen molar-refractivity contribution in [2.24, 2.45) is 5.92 Å². The number of hydrogen-bond donors (Lipinski definition) is 0. The predicted molar refractivity (Wildman–Crippen MR) is 75.7 cm³/mol. The highest BCUT2D eigenvalue weighted by atomic mass is 16.2. The van der Waals surface area contributed by atoms with Crippen molar-refractivity contribution in [1.29, 1.82) is 0 Å². The molecule has 2 aromatic rings. The van der Waals surface area contributed by atoms with Gasteiger partial charge in [0.15, 0.2) is 0 Å². The summed E-state index contributed by atoms with van der Waals surface area (Å²) in [6, 6.07) is 10.4. The van der Waals surface area contributed by atoms with E-state index in [0.29, 0.717) is 18.9 Å². The molecule has 0 bridgehead atoms. The number of amides is 1. The van der Waals surface area contributed by atoms with Crippen LogP contribution in [0.5, 0.6) is 0 Å². The van der Waals surface area contributed by atoms with E-state index in [0.717, 1.165) is 18.5 Å². The number of hydrogen-bond acceptors (Lipinski definition) is 3. The van der Waals surface area contributed by atoms with Gasteiger partial charge in [-0.15, -0.1) is 0 Å². The molecule has 0 spiro atoms. The smallest absolute Gasteiger partial charge is 0.223 e. The van der Waals surface area contributed by atoms with E-state index in [1.165, 1.54) is 11.9 Å². The van der Waals surface area contributed by atoms with Crippen molar-refractivity contribution in [2.45, 2.75) is 19.4 Å². The summed E-state index contributed by atoms with van der Waals surface area (Å²) in [6.07, 6.45) is 6.65. The maximum Gasteiger partial charge on any atom is 0.223 e. The van der Waals surface area contributed by atoms with Gasteiger partial charge in [0, 0.05) is 37.5 Å². The molecule has 0 radical (unpaired) electrons. The molecular weight excluding hydrogens is 250 g/mol. The van der Waals surface area contributed by atoms with Gasteiger partial charge < -0.3 is 4.90 Å². The van der Waals surface area contributed by atoms with E-state index in [-0.39, 0.29) is 5.91 Å².